The smallest absolute Gasteiger partial charge is 0.289 e. The third kappa shape index (κ3) is 3.46. The number of aromatic nitrogens is 3. The van der Waals surface area contributed by atoms with E-state index < -0.39 is 0 Å². The molecular weight excluding hydrogens is 394 g/mol. The molecule has 160 valence electrons. The van der Waals surface area contributed by atoms with Gasteiger partial charge in [-0.3, -0.25) is 14.4 Å². The van der Waals surface area contributed by atoms with Crippen LogP contribution in [0.4, 0.5) is 0 Å². The van der Waals surface area contributed by atoms with Gasteiger partial charge in [-0.25, -0.2) is 4.98 Å². The Kier molecular flexibility index (Phi) is 4.74. The number of carbonyl (C=O) groups is 1. The Balaban J connectivity index is 1.44. The van der Waals surface area contributed by atoms with Crippen LogP contribution in [0.25, 0.3) is 10.9 Å². The predicted octanol–water partition coefficient (Wildman–Crippen LogP) is 1.41. The number of H-pyrrole nitrogens is 1. The summed E-state index contributed by atoms with van der Waals surface area (Å²) in [5.74, 6) is 0.111. The van der Waals surface area contributed by atoms with Crippen LogP contribution >= 0.6 is 0 Å². The van der Waals surface area contributed by atoms with Gasteiger partial charge in [0.2, 0.25) is 0 Å². The lowest BCUT2D eigenvalue weighted by Gasteiger charge is -2.42. The molecule has 1 saturated heterocycles. The van der Waals surface area contributed by atoms with E-state index in [-0.39, 0.29) is 34.7 Å². The van der Waals surface area contributed by atoms with Crippen molar-refractivity contribution < 1.29 is 4.79 Å². The highest BCUT2D eigenvalue weighted by atomic mass is 16.2. The molecule has 1 N–H and O–H groups in total. The normalized spacial score (nSPS) is 20.2. The van der Waals surface area contributed by atoms with Crippen LogP contribution in [0.1, 0.15) is 34.2 Å². The molecule has 1 amide bonds. The zero-order chi connectivity index (χ0) is 21.7. The number of nitrogens with zero attached hydrogens (tertiary/aromatic N) is 4. The van der Waals surface area contributed by atoms with Gasteiger partial charge >= 0.3 is 0 Å². The van der Waals surface area contributed by atoms with Crippen molar-refractivity contribution in [3.8, 4) is 0 Å². The SMILES string of the molecule is CN(C)Cc1ccc2n(c1=O)C[C@H]1C[C@@H]2CN(C(=O)c2nc3ccccc3c(=O)[nH]2)C1. The predicted molar refractivity (Wildman–Crippen MR) is 117 cm³/mol. The molecule has 1 aromatic carbocycles. The van der Waals surface area contributed by atoms with Crippen molar-refractivity contribution in [1.29, 1.82) is 0 Å². The molecule has 8 heteroatoms. The molecule has 0 aliphatic carbocycles. The summed E-state index contributed by atoms with van der Waals surface area (Å²) >= 11 is 0. The lowest BCUT2D eigenvalue weighted by molar-refractivity contribution is 0.0582. The van der Waals surface area contributed by atoms with Gasteiger partial charge in [0, 0.05) is 43.4 Å². The number of amides is 1. The molecule has 8 nitrogen and oxygen atoms in total. The van der Waals surface area contributed by atoms with Gasteiger partial charge in [0.1, 0.15) is 0 Å². The van der Waals surface area contributed by atoms with Gasteiger partial charge in [-0.05, 0) is 44.6 Å². The Labute approximate surface area is 179 Å². The minimum absolute atomic E-state index is 0.0706. The first-order valence-corrected chi connectivity index (χ1v) is 10.6. The van der Waals surface area contributed by atoms with Gasteiger partial charge < -0.3 is 19.4 Å². The van der Waals surface area contributed by atoms with E-state index in [0.29, 0.717) is 37.1 Å². The van der Waals surface area contributed by atoms with Crippen LogP contribution in [-0.4, -0.2) is 57.4 Å². The molecule has 2 bridgehead atoms. The van der Waals surface area contributed by atoms with Gasteiger partial charge in [-0.1, -0.05) is 18.2 Å². The molecular formula is C23H25N5O3. The summed E-state index contributed by atoms with van der Waals surface area (Å²) in [6.45, 7) is 2.28. The van der Waals surface area contributed by atoms with E-state index in [1.165, 1.54) is 0 Å². The number of piperidine rings is 1. The Hall–Kier alpha value is -3.26. The number of para-hydroxylation sites is 1. The number of rotatable bonds is 3. The lowest BCUT2D eigenvalue weighted by atomic mass is 9.83. The van der Waals surface area contributed by atoms with Gasteiger partial charge in [0.15, 0.2) is 5.82 Å². The third-order valence-electron chi connectivity index (χ3n) is 6.27. The fourth-order valence-electron chi connectivity index (χ4n) is 4.96. The van der Waals surface area contributed by atoms with Gasteiger partial charge in [-0.15, -0.1) is 0 Å². The topological polar surface area (TPSA) is 91.3 Å². The number of benzene rings is 1. The Morgan fingerprint density at radius 2 is 1.94 bits per heavy atom. The van der Waals surface area contributed by atoms with E-state index in [2.05, 4.69) is 9.97 Å². The zero-order valence-electron chi connectivity index (χ0n) is 17.7. The molecule has 0 saturated carbocycles. The van der Waals surface area contributed by atoms with Crippen LogP contribution < -0.4 is 11.1 Å². The second kappa shape index (κ2) is 7.46. The maximum Gasteiger partial charge on any atom is 0.289 e. The van der Waals surface area contributed by atoms with Crippen LogP contribution in [0, 0.1) is 5.92 Å². The minimum Gasteiger partial charge on any atom is -0.335 e. The van der Waals surface area contributed by atoms with Crippen LogP contribution in [0.15, 0.2) is 46.0 Å². The molecule has 0 radical (unpaired) electrons. The van der Waals surface area contributed by atoms with E-state index >= 15 is 0 Å². The number of hydrogen-bond donors (Lipinski definition) is 1. The highest BCUT2D eigenvalue weighted by Gasteiger charge is 2.37. The number of hydrogen-bond acceptors (Lipinski definition) is 5. The first kappa shape index (κ1) is 19.7. The number of nitrogens with one attached hydrogen (secondary N) is 1. The van der Waals surface area contributed by atoms with Crippen LogP contribution in [0.2, 0.25) is 0 Å². The van der Waals surface area contributed by atoms with E-state index in [1.807, 2.05) is 35.7 Å². The number of fused-ring (bicyclic) bond motifs is 5. The first-order chi connectivity index (χ1) is 14.9. The second-order valence-corrected chi connectivity index (χ2v) is 8.88. The molecule has 4 heterocycles. The Morgan fingerprint density at radius 1 is 1.13 bits per heavy atom. The average Bonchev–Trinajstić information content (AvgIpc) is 2.75. The van der Waals surface area contributed by atoms with Gasteiger partial charge in [0.05, 0.1) is 10.9 Å². The zero-order valence-corrected chi connectivity index (χ0v) is 17.7. The van der Waals surface area contributed by atoms with E-state index in [4.69, 9.17) is 0 Å². The number of aromatic amines is 1. The van der Waals surface area contributed by atoms with Crippen molar-refractivity contribution in [3.05, 3.63) is 74.2 Å². The maximum absolute atomic E-state index is 13.2. The summed E-state index contributed by atoms with van der Waals surface area (Å²) in [7, 11) is 3.90. The van der Waals surface area contributed by atoms with Crippen molar-refractivity contribution in [2.75, 3.05) is 27.2 Å². The largest absolute Gasteiger partial charge is 0.335 e. The second-order valence-electron chi connectivity index (χ2n) is 8.88. The van der Waals surface area contributed by atoms with Crippen molar-refractivity contribution in [2.45, 2.75) is 25.4 Å². The molecule has 31 heavy (non-hydrogen) atoms. The number of pyridine rings is 1. The summed E-state index contributed by atoms with van der Waals surface area (Å²) in [6.07, 6.45) is 0.956. The number of likely N-dealkylation sites (tertiary alicyclic amines) is 1. The molecule has 1 fully saturated rings. The Morgan fingerprint density at radius 3 is 2.74 bits per heavy atom. The van der Waals surface area contributed by atoms with E-state index in [9.17, 15) is 14.4 Å². The van der Waals surface area contributed by atoms with Gasteiger partial charge in [-0.2, -0.15) is 0 Å². The van der Waals surface area contributed by atoms with Crippen molar-refractivity contribution >= 4 is 16.8 Å². The summed E-state index contributed by atoms with van der Waals surface area (Å²) in [4.78, 5) is 49.4. The quantitative estimate of drug-likeness (QED) is 0.693. The summed E-state index contributed by atoms with van der Waals surface area (Å²) in [5, 5.41) is 0.469. The summed E-state index contributed by atoms with van der Waals surface area (Å²) in [6, 6.07) is 11.0. The molecule has 5 rings (SSSR count). The molecule has 2 aromatic heterocycles. The lowest BCUT2D eigenvalue weighted by Crippen LogP contribution is -2.50. The monoisotopic (exact) mass is 419 g/mol. The maximum atomic E-state index is 13.2. The first-order valence-electron chi connectivity index (χ1n) is 10.6. The van der Waals surface area contributed by atoms with Crippen LogP contribution in [0.5, 0.6) is 0 Å². The highest BCUT2D eigenvalue weighted by Crippen LogP contribution is 2.35. The third-order valence-corrected chi connectivity index (χ3v) is 6.27. The number of carbonyl (C=O) groups excluding carboxylic acids is 1. The van der Waals surface area contributed by atoms with Crippen molar-refractivity contribution in [2.24, 2.45) is 5.92 Å². The summed E-state index contributed by atoms with van der Waals surface area (Å²) in [5.41, 5.74) is 2.05. The average molecular weight is 419 g/mol. The molecule has 2 aliphatic rings. The fraction of sp³-hybridized carbons (Fsp3) is 0.391. The fourth-order valence-corrected chi connectivity index (χ4v) is 4.96. The molecule has 2 aliphatic heterocycles. The standard InChI is InChI=1S/C23H25N5O3/c1-26(2)12-15-7-8-19-16-9-14(11-28(19)22(15)30)10-27(13-16)23(31)20-24-18-6-4-3-5-17(18)21(29)25-20/h3-8,14,16H,9-13H2,1-2H3,(H,24,25,29)/t14-,16+/m0/s1. The molecule has 0 unspecified atom stereocenters. The van der Waals surface area contributed by atoms with Crippen LogP contribution in [-0.2, 0) is 13.1 Å². The summed E-state index contributed by atoms with van der Waals surface area (Å²) < 4.78 is 1.90. The van der Waals surface area contributed by atoms with E-state index in [1.54, 1.807) is 29.2 Å². The molecule has 3 aromatic rings. The van der Waals surface area contributed by atoms with Crippen LogP contribution in [0.3, 0.4) is 0 Å². The minimum atomic E-state index is -0.309. The van der Waals surface area contributed by atoms with E-state index in [0.717, 1.165) is 17.7 Å². The molecule has 2 atom stereocenters. The Bertz CT molecular complexity index is 1290. The van der Waals surface area contributed by atoms with Gasteiger partial charge in [0.25, 0.3) is 17.0 Å². The highest BCUT2D eigenvalue weighted by molar-refractivity contribution is 5.92. The van der Waals surface area contributed by atoms with Crippen molar-refractivity contribution in [3.63, 3.8) is 0 Å². The van der Waals surface area contributed by atoms with Crippen molar-refractivity contribution in [1.82, 2.24) is 24.3 Å². The molecule has 0 spiro atoms.